The lowest BCUT2D eigenvalue weighted by Crippen LogP contribution is -2.45. The summed E-state index contributed by atoms with van der Waals surface area (Å²) < 4.78 is 5.20. The third kappa shape index (κ3) is 8.21. The van der Waals surface area contributed by atoms with Crippen molar-refractivity contribution in [3.63, 3.8) is 0 Å². The molecule has 0 spiro atoms. The highest BCUT2D eigenvalue weighted by Crippen LogP contribution is 2.18. The molecule has 35 heavy (non-hydrogen) atoms. The van der Waals surface area contributed by atoms with Crippen LogP contribution in [-0.4, -0.2) is 59.6 Å². The number of fused-ring (bicyclic) bond motifs is 1. The Morgan fingerprint density at radius 1 is 1.06 bits per heavy atom. The van der Waals surface area contributed by atoms with Gasteiger partial charge in [0.1, 0.15) is 11.8 Å². The molecular formula is C24H34N8O3. The van der Waals surface area contributed by atoms with Gasteiger partial charge >= 0.3 is 6.09 Å². The molecule has 2 amide bonds. The van der Waals surface area contributed by atoms with Crippen LogP contribution in [0.5, 0.6) is 0 Å². The summed E-state index contributed by atoms with van der Waals surface area (Å²) in [6, 6.07) is 5.84. The fourth-order valence-corrected chi connectivity index (χ4v) is 3.26. The molecule has 1 aromatic carbocycles. The van der Waals surface area contributed by atoms with Gasteiger partial charge in [0.05, 0.1) is 18.0 Å². The molecule has 11 nitrogen and oxygen atoms in total. The number of alkyl carbamates (subject to hydrolysis) is 1. The maximum atomic E-state index is 12.8. The van der Waals surface area contributed by atoms with Crippen molar-refractivity contribution in [3.8, 4) is 0 Å². The average molecular weight is 483 g/mol. The average Bonchev–Trinajstić information content (AvgIpc) is 2.81. The van der Waals surface area contributed by atoms with Crippen molar-refractivity contribution in [2.24, 2.45) is 4.99 Å². The second-order valence-corrected chi connectivity index (χ2v) is 9.07. The zero-order valence-electron chi connectivity index (χ0n) is 20.6. The number of hydrogen-bond donors (Lipinski definition) is 5. The molecule has 0 bridgehead atoms. The lowest BCUT2D eigenvalue weighted by Gasteiger charge is -2.24. The van der Waals surface area contributed by atoms with Gasteiger partial charge in [0.25, 0.3) is 5.91 Å². The van der Waals surface area contributed by atoms with Gasteiger partial charge in [0, 0.05) is 35.7 Å². The summed E-state index contributed by atoms with van der Waals surface area (Å²) in [4.78, 5) is 29.1. The lowest BCUT2D eigenvalue weighted by molar-refractivity contribution is -0.117. The molecule has 188 valence electrons. The number of guanidine groups is 1. The van der Waals surface area contributed by atoms with Crippen LogP contribution in [0.2, 0.25) is 0 Å². The minimum atomic E-state index is -0.545. The molecule has 2 heterocycles. The predicted molar refractivity (Wildman–Crippen MR) is 136 cm³/mol. The number of nitrogens with zero attached hydrogens (tertiary/aromatic N) is 3. The van der Waals surface area contributed by atoms with Crippen LogP contribution in [0.15, 0.2) is 47.4 Å². The summed E-state index contributed by atoms with van der Waals surface area (Å²) in [5.41, 5.74) is 0.777. The van der Waals surface area contributed by atoms with Crippen LogP contribution in [0, 0.1) is 0 Å². The van der Waals surface area contributed by atoms with E-state index >= 15 is 0 Å². The van der Waals surface area contributed by atoms with E-state index < -0.39 is 17.9 Å². The van der Waals surface area contributed by atoms with Gasteiger partial charge in [0.15, 0.2) is 0 Å². The minimum Gasteiger partial charge on any atom is -0.444 e. The molecule has 1 aliphatic heterocycles. The quantitative estimate of drug-likeness (QED) is 0.343. The van der Waals surface area contributed by atoms with Gasteiger partial charge in [-0.2, -0.15) is 10.2 Å². The number of ether oxygens (including phenoxy) is 1. The first-order valence-corrected chi connectivity index (χ1v) is 11.8. The van der Waals surface area contributed by atoms with Gasteiger partial charge in [-0.1, -0.05) is 13.0 Å². The molecule has 2 aromatic rings. The van der Waals surface area contributed by atoms with Crippen molar-refractivity contribution >= 4 is 34.4 Å². The normalized spacial score (nSPS) is 15.5. The van der Waals surface area contributed by atoms with E-state index in [-0.39, 0.29) is 5.91 Å². The van der Waals surface area contributed by atoms with E-state index in [1.807, 2.05) is 39.0 Å². The van der Waals surface area contributed by atoms with Crippen LogP contribution in [0.4, 0.5) is 10.5 Å². The summed E-state index contributed by atoms with van der Waals surface area (Å²) >= 11 is 0. The van der Waals surface area contributed by atoms with E-state index in [0.29, 0.717) is 37.6 Å². The Hall–Kier alpha value is -3.73. The number of amides is 2. The monoisotopic (exact) mass is 482 g/mol. The van der Waals surface area contributed by atoms with E-state index in [1.165, 1.54) is 0 Å². The van der Waals surface area contributed by atoms with Crippen LogP contribution in [0.3, 0.4) is 0 Å². The summed E-state index contributed by atoms with van der Waals surface area (Å²) in [5, 5.41) is 24.9. The third-order valence-electron chi connectivity index (χ3n) is 4.88. The van der Waals surface area contributed by atoms with Gasteiger partial charge in [-0.05, 0) is 52.3 Å². The molecular weight excluding hydrogens is 448 g/mol. The Morgan fingerprint density at radius 2 is 1.80 bits per heavy atom. The first kappa shape index (κ1) is 25.9. The summed E-state index contributed by atoms with van der Waals surface area (Å²) in [6.07, 6.45) is 5.57. The number of carbonyl (C=O) groups excluding carboxylic acids is 2. The van der Waals surface area contributed by atoms with Crippen LogP contribution in [-0.2, 0) is 9.53 Å². The second kappa shape index (κ2) is 12.1. The predicted octanol–water partition coefficient (Wildman–Crippen LogP) is 2.24. The number of aliphatic imine (C=N–C) groups is 1. The molecule has 1 atom stereocenters. The van der Waals surface area contributed by atoms with Gasteiger partial charge in [-0.25, -0.2) is 9.79 Å². The highest BCUT2D eigenvalue weighted by molar-refractivity contribution is 6.01. The lowest BCUT2D eigenvalue weighted by atomic mass is 10.1. The fraction of sp³-hybridized carbons (Fsp3) is 0.458. The molecule has 1 unspecified atom stereocenters. The Bertz CT molecular complexity index is 1090. The van der Waals surface area contributed by atoms with E-state index in [1.54, 1.807) is 18.6 Å². The Morgan fingerprint density at radius 3 is 2.54 bits per heavy atom. The number of rotatable bonds is 9. The van der Waals surface area contributed by atoms with E-state index in [9.17, 15) is 9.59 Å². The zero-order chi connectivity index (χ0) is 25.3. The first-order valence-electron chi connectivity index (χ1n) is 11.8. The largest absolute Gasteiger partial charge is 0.444 e. The van der Waals surface area contributed by atoms with Crippen molar-refractivity contribution in [1.29, 1.82) is 0 Å². The number of nitrogens with one attached hydrogen (secondary N) is 5. The highest BCUT2D eigenvalue weighted by Gasteiger charge is 2.24. The highest BCUT2D eigenvalue weighted by atomic mass is 16.6. The van der Waals surface area contributed by atoms with Crippen molar-refractivity contribution < 1.29 is 14.3 Å². The standard InChI is InChI=1S/C24H34N8O3/c1-5-9-25-20-19(21(33)26-10-6-11-27-23(34)35-24(2,3)4)15-28-22(32-20)31-18-8-7-16-13-29-30-14-17(16)12-18/h7-8,12-15,20,25H,5-6,9-11H2,1-4H3,(H,26,33)(H,27,34)(H2,28,31,32). The van der Waals surface area contributed by atoms with Crippen molar-refractivity contribution in [1.82, 2.24) is 31.5 Å². The molecule has 0 aliphatic carbocycles. The molecule has 11 heteroatoms. The first-order chi connectivity index (χ1) is 16.7. The summed E-state index contributed by atoms with van der Waals surface area (Å²) in [5.74, 6) is 0.300. The fourth-order valence-electron chi connectivity index (χ4n) is 3.26. The minimum absolute atomic E-state index is 0.226. The summed E-state index contributed by atoms with van der Waals surface area (Å²) in [7, 11) is 0. The Kier molecular flexibility index (Phi) is 8.96. The summed E-state index contributed by atoms with van der Waals surface area (Å²) in [6.45, 7) is 8.98. The number of aromatic nitrogens is 2. The molecule has 0 radical (unpaired) electrons. The molecule has 1 aliphatic rings. The Balaban J connectivity index is 1.53. The SMILES string of the molecule is CCCNC1N=C(Nc2ccc3cnncc3c2)NC=C1C(=O)NCCCNC(=O)OC(C)(C)C. The van der Waals surface area contributed by atoms with Crippen molar-refractivity contribution in [3.05, 3.63) is 42.4 Å². The van der Waals surface area contributed by atoms with E-state index in [2.05, 4.69) is 48.7 Å². The molecule has 5 N–H and O–H groups in total. The maximum Gasteiger partial charge on any atom is 0.407 e. The molecule has 0 saturated heterocycles. The number of anilines is 1. The van der Waals surface area contributed by atoms with Gasteiger partial charge in [-0.3, -0.25) is 10.1 Å². The number of benzene rings is 1. The molecule has 3 rings (SSSR count). The van der Waals surface area contributed by atoms with Gasteiger partial charge in [-0.15, -0.1) is 0 Å². The van der Waals surface area contributed by atoms with Crippen LogP contribution in [0.1, 0.15) is 40.5 Å². The zero-order valence-corrected chi connectivity index (χ0v) is 20.6. The topological polar surface area (TPSA) is 142 Å². The maximum absolute atomic E-state index is 12.8. The van der Waals surface area contributed by atoms with Crippen LogP contribution >= 0.6 is 0 Å². The van der Waals surface area contributed by atoms with Gasteiger partial charge < -0.3 is 26.0 Å². The van der Waals surface area contributed by atoms with Crippen LogP contribution in [0.25, 0.3) is 10.8 Å². The molecule has 0 saturated carbocycles. The van der Waals surface area contributed by atoms with Crippen molar-refractivity contribution in [2.45, 2.75) is 52.3 Å². The van der Waals surface area contributed by atoms with Gasteiger partial charge in [0.2, 0.25) is 5.96 Å². The number of carbonyl (C=O) groups is 2. The molecule has 1 aromatic heterocycles. The van der Waals surface area contributed by atoms with Crippen molar-refractivity contribution in [2.75, 3.05) is 25.0 Å². The second-order valence-electron chi connectivity index (χ2n) is 9.07. The smallest absolute Gasteiger partial charge is 0.407 e. The molecule has 0 fully saturated rings. The van der Waals surface area contributed by atoms with E-state index in [4.69, 9.17) is 4.74 Å². The van der Waals surface area contributed by atoms with Crippen LogP contribution < -0.4 is 26.6 Å². The number of hydrogen-bond acceptors (Lipinski definition) is 9. The van der Waals surface area contributed by atoms with E-state index in [0.717, 1.165) is 22.9 Å². The Labute approximate surface area is 205 Å². The third-order valence-corrected chi connectivity index (χ3v) is 4.88.